The minimum atomic E-state index is -4.54. The van der Waals surface area contributed by atoms with Crippen LogP contribution in [0.3, 0.4) is 0 Å². The maximum atomic E-state index is 12.7. The highest BCUT2D eigenvalue weighted by Crippen LogP contribution is 2.30. The van der Waals surface area contributed by atoms with E-state index in [1.165, 1.54) is 6.07 Å². The fourth-order valence-electron chi connectivity index (χ4n) is 2.38. The van der Waals surface area contributed by atoms with Crippen molar-refractivity contribution >= 4 is 45.1 Å². The van der Waals surface area contributed by atoms with E-state index in [1.807, 2.05) is 13.0 Å². The van der Waals surface area contributed by atoms with Gasteiger partial charge in [-0.3, -0.25) is 14.4 Å². The summed E-state index contributed by atoms with van der Waals surface area (Å²) in [7, 11) is 0. The summed E-state index contributed by atoms with van der Waals surface area (Å²) in [5, 5.41) is 4.89. The van der Waals surface area contributed by atoms with Gasteiger partial charge >= 0.3 is 12.1 Å². The van der Waals surface area contributed by atoms with Gasteiger partial charge in [0, 0.05) is 22.3 Å². The fraction of sp³-hybridized carbons (Fsp3) is 0.250. The van der Waals surface area contributed by atoms with Crippen LogP contribution in [0.15, 0.2) is 46.9 Å². The molecule has 10 heteroatoms. The van der Waals surface area contributed by atoms with E-state index >= 15 is 0 Å². The van der Waals surface area contributed by atoms with Crippen molar-refractivity contribution in [1.82, 2.24) is 0 Å². The highest BCUT2D eigenvalue weighted by atomic mass is 79.9. The van der Waals surface area contributed by atoms with Gasteiger partial charge in [-0.15, -0.1) is 0 Å². The van der Waals surface area contributed by atoms with Gasteiger partial charge in [0.05, 0.1) is 12.0 Å². The monoisotopic (exact) mass is 486 g/mol. The maximum Gasteiger partial charge on any atom is 0.416 e. The van der Waals surface area contributed by atoms with Gasteiger partial charge in [0.25, 0.3) is 5.91 Å². The Balaban J connectivity index is 1.75. The Hall–Kier alpha value is -2.88. The number of hydrogen-bond donors (Lipinski definition) is 2. The molecule has 2 N–H and O–H groups in total. The van der Waals surface area contributed by atoms with E-state index in [2.05, 4.69) is 26.6 Å². The van der Waals surface area contributed by atoms with E-state index in [1.54, 1.807) is 12.1 Å². The van der Waals surface area contributed by atoms with Crippen molar-refractivity contribution in [2.24, 2.45) is 0 Å². The second-order valence-electron chi connectivity index (χ2n) is 6.29. The lowest BCUT2D eigenvalue weighted by Gasteiger charge is -2.10. The van der Waals surface area contributed by atoms with Crippen LogP contribution in [0.2, 0.25) is 0 Å². The predicted octanol–water partition coefficient (Wildman–Crippen LogP) is 4.68. The highest BCUT2D eigenvalue weighted by Gasteiger charge is 2.30. The summed E-state index contributed by atoms with van der Waals surface area (Å²) in [6.45, 7) is 1.14. The molecule has 30 heavy (non-hydrogen) atoms. The van der Waals surface area contributed by atoms with Crippen molar-refractivity contribution in [1.29, 1.82) is 0 Å². The molecule has 2 aromatic carbocycles. The predicted molar refractivity (Wildman–Crippen MR) is 108 cm³/mol. The molecule has 2 amide bonds. The first-order chi connectivity index (χ1) is 14.0. The molecule has 6 nitrogen and oxygen atoms in total. The van der Waals surface area contributed by atoms with E-state index in [4.69, 9.17) is 4.74 Å². The van der Waals surface area contributed by atoms with Crippen molar-refractivity contribution < 1.29 is 32.3 Å². The van der Waals surface area contributed by atoms with Crippen LogP contribution < -0.4 is 10.6 Å². The number of amides is 2. The van der Waals surface area contributed by atoms with Crippen LogP contribution in [0.5, 0.6) is 0 Å². The first-order valence-corrected chi connectivity index (χ1v) is 9.52. The summed E-state index contributed by atoms with van der Waals surface area (Å²) in [5.74, 6) is -1.97. The summed E-state index contributed by atoms with van der Waals surface area (Å²) in [6.07, 6.45) is -4.94. The van der Waals surface area contributed by atoms with Crippen molar-refractivity contribution in [2.75, 3.05) is 17.2 Å². The molecule has 0 aliphatic carbocycles. The van der Waals surface area contributed by atoms with Crippen molar-refractivity contribution in [3.63, 3.8) is 0 Å². The number of ether oxygens (including phenoxy) is 1. The number of anilines is 2. The molecule has 0 atom stereocenters. The highest BCUT2D eigenvalue weighted by molar-refractivity contribution is 9.10. The van der Waals surface area contributed by atoms with Crippen LogP contribution in [-0.2, 0) is 25.3 Å². The average Bonchev–Trinajstić information content (AvgIpc) is 2.66. The van der Waals surface area contributed by atoms with Gasteiger partial charge in [-0.2, -0.15) is 13.2 Å². The van der Waals surface area contributed by atoms with Crippen molar-refractivity contribution in [2.45, 2.75) is 25.9 Å². The molecule has 0 aliphatic heterocycles. The Labute approximate surface area is 178 Å². The quantitative estimate of drug-likeness (QED) is 0.556. The topological polar surface area (TPSA) is 84.5 Å². The Morgan fingerprint density at radius 3 is 2.40 bits per heavy atom. The summed E-state index contributed by atoms with van der Waals surface area (Å²) in [5.41, 5.74) is 0.461. The zero-order chi connectivity index (χ0) is 22.3. The maximum absolute atomic E-state index is 12.7. The van der Waals surface area contributed by atoms with Crippen molar-refractivity contribution in [3.8, 4) is 0 Å². The fourth-order valence-corrected chi connectivity index (χ4v) is 2.86. The molecule has 0 aromatic heterocycles. The molecule has 0 radical (unpaired) electrons. The van der Waals surface area contributed by atoms with Gasteiger partial charge < -0.3 is 15.4 Å². The Kier molecular flexibility index (Phi) is 7.99. The summed E-state index contributed by atoms with van der Waals surface area (Å²) >= 11 is 3.32. The first-order valence-electron chi connectivity index (χ1n) is 8.73. The largest absolute Gasteiger partial charge is 0.456 e. The van der Waals surface area contributed by atoms with Gasteiger partial charge in [-0.25, -0.2) is 0 Å². The molecule has 0 spiro atoms. The van der Waals surface area contributed by atoms with E-state index in [-0.39, 0.29) is 18.5 Å². The van der Waals surface area contributed by atoms with Crippen LogP contribution >= 0.6 is 15.9 Å². The summed E-state index contributed by atoms with van der Waals surface area (Å²) in [4.78, 5) is 35.4. The molecule has 0 heterocycles. The average molecular weight is 487 g/mol. The third-order valence-electron chi connectivity index (χ3n) is 3.86. The number of benzene rings is 2. The standard InChI is InChI=1S/C20H18BrF3N2O4/c1-12-9-14(21)5-6-16(12)26-17(27)7-8-19(29)30-11-18(28)25-15-4-2-3-13(10-15)20(22,23)24/h2-6,9-10H,7-8,11H2,1H3,(H,25,28)(H,26,27). The Morgan fingerprint density at radius 1 is 1.00 bits per heavy atom. The van der Waals surface area contributed by atoms with Crippen LogP contribution in [0, 0.1) is 6.92 Å². The van der Waals surface area contributed by atoms with Crippen molar-refractivity contribution in [3.05, 3.63) is 58.1 Å². The van der Waals surface area contributed by atoms with Gasteiger partial charge in [-0.1, -0.05) is 22.0 Å². The number of rotatable bonds is 7. The third-order valence-corrected chi connectivity index (χ3v) is 4.35. The summed E-state index contributed by atoms with van der Waals surface area (Å²) < 4.78 is 43.6. The lowest BCUT2D eigenvalue weighted by atomic mass is 10.2. The summed E-state index contributed by atoms with van der Waals surface area (Å²) in [6, 6.07) is 9.38. The first kappa shape index (κ1) is 23.4. The number of nitrogens with one attached hydrogen (secondary N) is 2. The normalized spacial score (nSPS) is 11.0. The molecule has 160 valence electrons. The lowest BCUT2D eigenvalue weighted by molar-refractivity contribution is -0.147. The molecule has 0 bridgehead atoms. The Morgan fingerprint density at radius 2 is 1.73 bits per heavy atom. The molecular weight excluding hydrogens is 469 g/mol. The zero-order valence-corrected chi connectivity index (χ0v) is 17.4. The number of hydrogen-bond acceptors (Lipinski definition) is 4. The SMILES string of the molecule is Cc1cc(Br)ccc1NC(=O)CCC(=O)OCC(=O)Nc1cccc(C(F)(F)F)c1. The van der Waals surface area contributed by atoms with E-state index in [0.29, 0.717) is 5.69 Å². The van der Waals surface area contributed by atoms with Gasteiger partial charge in [0.15, 0.2) is 6.61 Å². The minimum absolute atomic E-state index is 0.0740. The molecule has 0 unspecified atom stereocenters. The Bertz CT molecular complexity index is 948. The second kappa shape index (κ2) is 10.2. The van der Waals surface area contributed by atoms with Crippen LogP contribution in [-0.4, -0.2) is 24.4 Å². The molecular formula is C20H18BrF3N2O4. The van der Waals surface area contributed by atoms with E-state index < -0.39 is 36.1 Å². The van der Waals surface area contributed by atoms with Gasteiger partial charge in [0.1, 0.15) is 0 Å². The van der Waals surface area contributed by atoms with Gasteiger partial charge in [0.2, 0.25) is 5.91 Å². The van der Waals surface area contributed by atoms with Crippen LogP contribution in [0.25, 0.3) is 0 Å². The number of alkyl halides is 3. The molecule has 2 rings (SSSR count). The number of esters is 1. The third kappa shape index (κ3) is 7.51. The zero-order valence-electron chi connectivity index (χ0n) is 15.8. The minimum Gasteiger partial charge on any atom is -0.456 e. The molecule has 0 saturated carbocycles. The smallest absolute Gasteiger partial charge is 0.416 e. The number of carbonyl (C=O) groups excluding carboxylic acids is 3. The second-order valence-corrected chi connectivity index (χ2v) is 7.21. The van der Waals surface area contributed by atoms with Crippen LogP contribution in [0.4, 0.5) is 24.5 Å². The van der Waals surface area contributed by atoms with Crippen LogP contribution in [0.1, 0.15) is 24.0 Å². The number of halogens is 4. The molecule has 0 fully saturated rings. The molecule has 2 aromatic rings. The van der Waals surface area contributed by atoms with E-state index in [0.717, 1.165) is 28.2 Å². The molecule has 0 saturated heterocycles. The lowest BCUT2D eigenvalue weighted by Crippen LogP contribution is -2.22. The van der Waals surface area contributed by atoms with E-state index in [9.17, 15) is 27.6 Å². The molecule has 0 aliphatic rings. The number of aryl methyl sites for hydroxylation is 1. The number of carbonyl (C=O) groups is 3. The van der Waals surface area contributed by atoms with Gasteiger partial charge in [-0.05, 0) is 48.9 Å².